The quantitative estimate of drug-likeness (QED) is 0.101. The number of nitrogens with zero attached hydrogens (tertiary/aromatic N) is 8. The van der Waals surface area contributed by atoms with E-state index in [1.807, 2.05) is 78.0 Å². The first-order valence-corrected chi connectivity index (χ1v) is 22.6. The fourth-order valence-electron chi connectivity index (χ4n) is 8.13. The van der Waals surface area contributed by atoms with Crippen LogP contribution in [-0.4, -0.2) is 217 Å². The molecule has 4 rings (SSSR count). The molecule has 66 heavy (non-hydrogen) atoms. The zero-order chi connectivity index (χ0) is 48.3. The average Bonchev–Trinajstić information content (AvgIpc) is 3.64. The molecular formula is C47H71N9O10. The molecule has 1 saturated heterocycles. The summed E-state index contributed by atoms with van der Waals surface area (Å²) in [5.74, 6) is -2.68. The van der Waals surface area contributed by atoms with Crippen molar-refractivity contribution < 1.29 is 48.8 Å². The molecule has 2 aromatic carbocycles. The van der Waals surface area contributed by atoms with Crippen LogP contribution in [0, 0.1) is 6.92 Å². The molecule has 2 amide bonds. The molecule has 1 aliphatic heterocycles. The molecule has 1 fully saturated rings. The van der Waals surface area contributed by atoms with Crippen LogP contribution in [-0.2, 0) is 30.5 Å². The first kappa shape index (κ1) is 53.2. The Kier molecular flexibility index (Phi) is 21.5. The molecular weight excluding hydrogens is 851 g/mol. The molecule has 1 aliphatic rings. The Morgan fingerprint density at radius 1 is 0.742 bits per heavy atom. The maximum atomic E-state index is 14.4. The van der Waals surface area contributed by atoms with Crippen molar-refractivity contribution in [1.82, 2.24) is 44.5 Å². The number of benzene rings is 2. The van der Waals surface area contributed by atoms with Crippen molar-refractivity contribution in [3.63, 3.8) is 0 Å². The lowest BCUT2D eigenvalue weighted by molar-refractivity contribution is -0.140. The summed E-state index contributed by atoms with van der Waals surface area (Å²) in [5, 5.41) is 36.5. The summed E-state index contributed by atoms with van der Waals surface area (Å²) in [7, 11) is 7.29. The number of aliphatic carboxylic acids is 3. The second kappa shape index (κ2) is 26.6. The summed E-state index contributed by atoms with van der Waals surface area (Å²) in [4.78, 5) is 73.6. The summed E-state index contributed by atoms with van der Waals surface area (Å²) in [6.45, 7) is 10.2. The molecule has 0 bridgehead atoms. The molecule has 19 heteroatoms. The lowest BCUT2D eigenvalue weighted by Gasteiger charge is -2.32. The Balaban J connectivity index is 1.48. The van der Waals surface area contributed by atoms with E-state index in [1.165, 1.54) is 0 Å². The molecule has 19 nitrogen and oxygen atoms in total. The highest BCUT2D eigenvalue weighted by atomic mass is 16.5. The highest BCUT2D eigenvalue weighted by Crippen LogP contribution is 2.37. The van der Waals surface area contributed by atoms with Crippen LogP contribution in [0.25, 0.3) is 16.9 Å². The standard InChI is InChI=1S/C47H71N9O10/c1-34(2)38-28-36(13-14-39(38)56-40(27-35(3)49-56)46-37(33-65-6)11-8-12-41(46)66-7)47(64)55(18-10-16-50(4)5)17-9-15-48-42(57)29-51-19-21-52(30-43(58)59)23-25-54(32-45(62)63)26-24-53(22-20-51)31-44(60)61/h8,11-14,27-28,34H,9-10,15-26,29-33H2,1-7H3,(H,48,57)(H,58,59)(H,60,61)(H,62,63). The number of hydrogen-bond donors (Lipinski definition) is 4. The summed E-state index contributed by atoms with van der Waals surface area (Å²) < 4.78 is 13.3. The number of carbonyl (C=O) groups excluding carboxylic acids is 2. The minimum absolute atomic E-state index is 0.00497. The second-order valence-electron chi connectivity index (χ2n) is 17.4. The van der Waals surface area contributed by atoms with Crippen LogP contribution in [0.1, 0.15) is 59.8 Å². The second-order valence-corrected chi connectivity index (χ2v) is 17.4. The number of methoxy groups -OCH3 is 2. The Hall–Kier alpha value is -5.44. The SMILES string of the molecule is COCc1cccc(OC)c1-c1cc(C)nn1-c1ccc(C(=O)N(CCCNC(=O)CN2CCN(CC(=O)O)CCN(CC(=O)O)CCN(CC(=O)O)CC2)CCCN(C)C)cc1C(C)C. The molecule has 364 valence electrons. The fraction of sp³-hybridized carbons (Fsp3) is 0.574. The maximum Gasteiger partial charge on any atom is 0.317 e. The Morgan fingerprint density at radius 2 is 1.29 bits per heavy atom. The van der Waals surface area contributed by atoms with Crippen molar-refractivity contribution in [3.8, 4) is 22.7 Å². The molecule has 2 heterocycles. The van der Waals surface area contributed by atoms with Gasteiger partial charge in [-0.2, -0.15) is 5.10 Å². The highest BCUT2D eigenvalue weighted by molar-refractivity contribution is 5.95. The predicted octanol–water partition coefficient (Wildman–Crippen LogP) is 2.50. The number of ether oxygens (including phenoxy) is 2. The van der Waals surface area contributed by atoms with Gasteiger partial charge in [0.15, 0.2) is 0 Å². The van der Waals surface area contributed by atoms with E-state index in [-0.39, 0.29) is 70.1 Å². The summed E-state index contributed by atoms with van der Waals surface area (Å²) in [6.07, 6.45) is 1.25. The normalized spacial score (nSPS) is 15.0. The van der Waals surface area contributed by atoms with Gasteiger partial charge in [-0.1, -0.05) is 26.0 Å². The molecule has 0 unspecified atom stereocenters. The van der Waals surface area contributed by atoms with Crippen molar-refractivity contribution in [2.75, 3.05) is 133 Å². The number of amides is 2. The highest BCUT2D eigenvalue weighted by Gasteiger charge is 2.25. The van der Waals surface area contributed by atoms with Gasteiger partial charge < -0.3 is 39.9 Å². The van der Waals surface area contributed by atoms with Gasteiger partial charge >= 0.3 is 17.9 Å². The van der Waals surface area contributed by atoms with Gasteiger partial charge in [0.1, 0.15) is 5.75 Å². The van der Waals surface area contributed by atoms with Gasteiger partial charge in [-0.25, -0.2) is 4.68 Å². The number of carboxylic acids is 3. The van der Waals surface area contributed by atoms with E-state index in [9.17, 15) is 39.3 Å². The van der Waals surface area contributed by atoms with E-state index in [0.717, 1.165) is 46.7 Å². The molecule has 4 N–H and O–H groups in total. The number of carboxylic acid groups (broad SMARTS) is 3. The number of carbonyl (C=O) groups is 5. The van der Waals surface area contributed by atoms with Gasteiger partial charge in [0, 0.05) is 90.2 Å². The van der Waals surface area contributed by atoms with Gasteiger partial charge in [-0.05, 0) is 87.8 Å². The molecule has 0 aliphatic carbocycles. The number of hydrogen-bond acceptors (Lipinski definition) is 13. The first-order valence-electron chi connectivity index (χ1n) is 22.6. The van der Waals surface area contributed by atoms with Crippen molar-refractivity contribution >= 4 is 29.7 Å². The molecule has 3 aromatic rings. The zero-order valence-corrected chi connectivity index (χ0v) is 39.8. The summed E-state index contributed by atoms with van der Waals surface area (Å²) in [5.41, 5.74) is 5.86. The average molecular weight is 922 g/mol. The molecule has 0 atom stereocenters. The maximum absolute atomic E-state index is 14.4. The van der Waals surface area contributed by atoms with Crippen molar-refractivity contribution in [2.45, 2.75) is 46.1 Å². The molecule has 0 spiro atoms. The smallest absolute Gasteiger partial charge is 0.317 e. The third kappa shape index (κ3) is 16.8. The lowest BCUT2D eigenvalue weighted by Crippen LogP contribution is -2.49. The van der Waals surface area contributed by atoms with Gasteiger partial charge in [0.2, 0.25) is 5.91 Å². The van der Waals surface area contributed by atoms with E-state index in [4.69, 9.17) is 14.6 Å². The van der Waals surface area contributed by atoms with Gasteiger partial charge in [0.05, 0.1) is 57.0 Å². The summed E-state index contributed by atoms with van der Waals surface area (Å²) in [6, 6.07) is 13.7. The van der Waals surface area contributed by atoms with Gasteiger partial charge in [0.25, 0.3) is 5.91 Å². The van der Waals surface area contributed by atoms with E-state index in [2.05, 4.69) is 24.1 Å². The van der Waals surface area contributed by atoms with E-state index >= 15 is 0 Å². The summed E-state index contributed by atoms with van der Waals surface area (Å²) >= 11 is 0. The third-order valence-corrected chi connectivity index (χ3v) is 11.5. The van der Waals surface area contributed by atoms with E-state index in [1.54, 1.807) is 28.9 Å². The Bertz CT molecular complexity index is 2040. The predicted molar refractivity (Wildman–Crippen MR) is 250 cm³/mol. The largest absolute Gasteiger partial charge is 0.496 e. The monoisotopic (exact) mass is 922 g/mol. The minimum Gasteiger partial charge on any atom is -0.496 e. The van der Waals surface area contributed by atoms with Crippen LogP contribution in [0.4, 0.5) is 0 Å². The van der Waals surface area contributed by atoms with E-state index in [0.29, 0.717) is 70.2 Å². The molecule has 0 saturated carbocycles. The number of aryl methyl sites for hydroxylation is 1. The van der Waals surface area contributed by atoms with Crippen LogP contribution < -0.4 is 10.1 Å². The number of aromatic nitrogens is 2. The van der Waals surface area contributed by atoms with Crippen LogP contribution in [0.3, 0.4) is 0 Å². The van der Waals surface area contributed by atoms with E-state index < -0.39 is 17.9 Å². The van der Waals surface area contributed by atoms with Crippen LogP contribution in [0.2, 0.25) is 0 Å². The topological polar surface area (TPSA) is 214 Å². The van der Waals surface area contributed by atoms with Gasteiger partial charge in [-0.15, -0.1) is 0 Å². The van der Waals surface area contributed by atoms with Crippen molar-refractivity contribution in [2.24, 2.45) is 0 Å². The lowest BCUT2D eigenvalue weighted by atomic mass is 9.97. The Labute approximate surface area is 388 Å². The van der Waals surface area contributed by atoms with Gasteiger partial charge in [-0.3, -0.25) is 43.6 Å². The number of rotatable bonds is 23. The first-order chi connectivity index (χ1) is 31.5. The Morgan fingerprint density at radius 3 is 1.79 bits per heavy atom. The minimum atomic E-state index is -1.03. The molecule has 1 aromatic heterocycles. The van der Waals surface area contributed by atoms with Crippen molar-refractivity contribution in [1.29, 1.82) is 0 Å². The van der Waals surface area contributed by atoms with Crippen LogP contribution in [0.15, 0.2) is 42.5 Å². The van der Waals surface area contributed by atoms with Crippen LogP contribution in [0.5, 0.6) is 5.75 Å². The number of nitrogens with one attached hydrogen (secondary N) is 1. The van der Waals surface area contributed by atoms with Crippen molar-refractivity contribution in [3.05, 3.63) is 64.8 Å². The fourth-order valence-corrected chi connectivity index (χ4v) is 8.13. The third-order valence-electron chi connectivity index (χ3n) is 11.5. The zero-order valence-electron chi connectivity index (χ0n) is 39.8. The van der Waals surface area contributed by atoms with Crippen LogP contribution >= 0.6 is 0 Å². The molecule has 0 radical (unpaired) electrons.